The van der Waals surface area contributed by atoms with Gasteiger partial charge in [-0.25, -0.2) is 0 Å². The Morgan fingerprint density at radius 1 is 0.935 bits per heavy atom. The molecule has 0 spiro atoms. The summed E-state index contributed by atoms with van der Waals surface area (Å²) in [5.74, 6) is -4.20. The highest BCUT2D eigenvalue weighted by Gasteiger charge is 2.87. The van der Waals surface area contributed by atoms with E-state index in [4.69, 9.17) is 9.47 Å². The number of ether oxygens (including phenoxy) is 2. The van der Waals surface area contributed by atoms with Gasteiger partial charge >= 0.3 is 11.9 Å². The van der Waals surface area contributed by atoms with E-state index in [0.717, 1.165) is 19.3 Å². The van der Waals surface area contributed by atoms with Gasteiger partial charge in [-0.2, -0.15) is 0 Å². The summed E-state index contributed by atoms with van der Waals surface area (Å²) in [7, 11) is 0. The molecule has 0 aliphatic heterocycles. The van der Waals surface area contributed by atoms with Gasteiger partial charge in [-0.1, -0.05) is 111 Å². The van der Waals surface area contributed by atoms with Crippen molar-refractivity contribution in [1.29, 1.82) is 0 Å². The second-order valence-electron chi connectivity index (χ2n) is 15.4. The number of rotatable bonds is 17. The molecule has 260 valence electrons. The number of hydrogen-bond donors (Lipinski definition) is 3. The third-order valence-electron chi connectivity index (χ3n) is 12.0. The van der Waals surface area contributed by atoms with Gasteiger partial charge in [0.2, 0.25) is 0 Å². The maximum atomic E-state index is 13.4. The number of ketones is 1. The third-order valence-corrected chi connectivity index (χ3v) is 12.0. The van der Waals surface area contributed by atoms with Crippen LogP contribution in [0.25, 0.3) is 0 Å². The van der Waals surface area contributed by atoms with Crippen molar-refractivity contribution in [2.24, 2.45) is 29.1 Å². The van der Waals surface area contributed by atoms with Crippen molar-refractivity contribution < 1.29 is 39.2 Å². The van der Waals surface area contributed by atoms with E-state index in [1.54, 1.807) is 19.9 Å². The molecule has 0 amide bonds. The summed E-state index contributed by atoms with van der Waals surface area (Å²) in [5.41, 5.74) is -4.76. The maximum absolute atomic E-state index is 13.4. The lowest BCUT2D eigenvalue weighted by Crippen LogP contribution is -2.66. The molecule has 0 unspecified atom stereocenters. The highest BCUT2D eigenvalue weighted by atomic mass is 16.6. The van der Waals surface area contributed by atoms with Crippen LogP contribution in [0, 0.1) is 29.1 Å². The molecule has 0 aromatic rings. The van der Waals surface area contributed by atoms with Gasteiger partial charge < -0.3 is 24.8 Å². The molecule has 0 heterocycles. The van der Waals surface area contributed by atoms with Crippen LogP contribution in [0.1, 0.15) is 138 Å². The van der Waals surface area contributed by atoms with Crippen LogP contribution in [0.3, 0.4) is 0 Å². The number of fused-ring (bicyclic) bond motifs is 5. The van der Waals surface area contributed by atoms with Gasteiger partial charge in [0.25, 0.3) is 0 Å². The molecule has 3 N–H and O–H groups in total. The van der Waals surface area contributed by atoms with Crippen LogP contribution in [0.5, 0.6) is 0 Å². The van der Waals surface area contributed by atoms with Crippen molar-refractivity contribution in [3.05, 3.63) is 23.3 Å². The number of Topliss-reactive ketones (excluding diaryl/α,β-unsaturated/α-hetero) is 1. The van der Waals surface area contributed by atoms with Gasteiger partial charge in [0, 0.05) is 42.4 Å². The molecule has 46 heavy (non-hydrogen) atoms. The molecule has 0 radical (unpaired) electrons. The highest BCUT2D eigenvalue weighted by Crippen LogP contribution is 2.77. The molecule has 4 rings (SSSR count). The summed E-state index contributed by atoms with van der Waals surface area (Å²) >= 11 is 0. The molecule has 0 bridgehead atoms. The second-order valence-corrected chi connectivity index (χ2v) is 15.4. The van der Waals surface area contributed by atoms with E-state index in [1.807, 2.05) is 13.8 Å². The Kier molecular flexibility index (Phi) is 11.7. The van der Waals surface area contributed by atoms with Crippen LogP contribution in [0.2, 0.25) is 0 Å². The molecule has 2 fully saturated rings. The highest BCUT2D eigenvalue weighted by molar-refractivity contribution is 6.06. The van der Waals surface area contributed by atoms with E-state index >= 15 is 0 Å². The Labute approximate surface area is 276 Å². The fourth-order valence-corrected chi connectivity index (χ4v) is 9.64. The first-order valence-corrected chi connectivity index (χ1v) is 18.1. The molecule has 0 aromatic heterocycles. The van der Waals surface area contributed by atoms with Crippen molar-refractivity contribution in [3.8, 4) is 0 Å². The summed E-state index contributed by atoms with van der Waals surface area (Å²) in [4.78, 5) is 39.2. The first-order chi connectivity index (χ1) is 21.7. The smallest absolute Gasteiger partial charge is 0.306 e. The summed E-state index contributed by atoms with van der Waals surface area (Å²) in [6.07, 6.45) is 18.1. The van der Waals surface area contributed by atoms with Gasteiger partial charge in [0.05, 0.1) is 12.2 Å². The zero-order valence-corrected chi connectivity index (χ0v) is 29.2. The van der Waals surface area contributed by atoms with E-state index in [0.29, 0.717) is 17.6 Å². The van der Waals surface area contributed by atoms with E-state index in [2.05, 4.69) is 6.92 Å². The first kappa shape index (κ1) is 36.8. The molecular formula is C38H60O8. The normalized spacial score (nSPS) is 35.7. The Hall–Kier alpha value is -2.03. The topological polar surface area (TPSA) is 130 Å². The molecule has 8 nitrogen and oxygen atoms in total. The van der Waals surface area contributed by atoms with Gasteiger partial charge in [-0.05, 0) is 37.0 Å². The quantitative estimate of drug-likeness (QED) is 0.0926. The largest absolute Gasteiger partial charge is 0.458 e. The predicted octanol–water partition coefficient (Wildman–Crippen LogP) is 6.53. The number of esters is 2. The minimum atomic E-state index is -2.02. The Morgan fingerprint density at radius 3 is 2.00 bits per heavy atom. The minimum absolute atomic E-state index is 0.215. The standard InChI is InChI=1S/C38H60O8/c1-7-8-9-10-11-12-13-14-15-16-17-18-19-20-31(41)45-34-26(3)37(44)29(32-35(5,6)38(32,34)46-27(4)40)22-28(24-39)23-36(43)30(37)21-25(2)33(36)42/h21,23,26,29-30,32,34,39,43-44H,7-20,22,24H2,1-6H3/t26-,29+,30-,32-,34-,36-,37-,38-/m1/s1. The Balaban J connectivity index is 1.42. The van der Waals surface area contributed by atoms with Crippen molar-refractivity contribution in [2.75, 3.05) is 6.61 Å². The summed E-state index contributed by atoms with van der Waals surface area (Å²) in [6.45, 7) is 10.5. The number of unbranched alkanes of at least 4 members (excludes halogenated alkanes) is 12. The molecule has 0 saturated heterocycles. The van der Waals surface area contributed by atoms with Crippen LogP contribution < -0.4 is 0 Å². The van der Waals surface area contributed by atoms with Gasteiger partial charge in [-0.15, -0.1) is 0 Å². The van der Waals surface area contributed by atoms with E-state index in [-0.39, 0.29) is 19.4 Å². The number of aliphatic hydroxyl groups is 3. The van der Waals surface area contributed by atoms with E-state index in [1.165, 1.54) is 70.8 Å². The molecule has 2 saturated carbocycles. The zero-order valence-electron chi connectivity index (χ0n) is 29.2. The van der Waals surface area contributed by atoms with Crippen LogP contribution in [-0.2, 0) is 23.9 Å². The zero-order chi connectivity index (χ0) is 33.9. The molecule has 8 atom stereocenters. The van der Waals surface area contributed by atoms with Crippen molar-refractivity contribution >= 4 is 17.7 Å². The third kappa shape index (κ3) is 6.52. The Bertz CT molecular complexity index is 1190. The molecule has 4 aliphatic rings. The van der Waals surface area contributed by atoms with E-state index in [9.17, 15) is 29.7 Å². The first-order valence-electron chi connectivity index (χ1n) is 18.1. The van der Waals surface area contributed by atoms with Gasteiger partial charge in [0.1, 0.15) is 6.10 Å². The lowest BCUT2D eigenvalue weighted by atomic mass is 9.58. The molecular weight excluding hydrogens is 584 g/mol. The Morgan fingerprint density at radius 2 is 1.48 bits per heavy atom. The minimum Gasteiger partial charge on any atom is -0.458 e. The van der Waals surface area contributed by atoms with Crippen molar-refractivity contribution in [2.45, 2.75) is 161 Å². The second kappa shape index (κ2) is 14.6. The lowest BCUT2D eigenvalue weighted by Gasteiger charge is -2.53. The number of hydrogen-bond acceptors (Lipinski definition) is 8. The van der Waals surface area contributed by atoms with Crippen LogP contribution >= 0.6 is 0 Å². The molecule has 4 aliphatic carbocycles. The molecule has 0 aromatic carbocycles. The lowest BCUT2D eigenvalue weighted by molar-refractivity contribution is -0.231. The SMILES string of the molecule is CCCCCCCCCCCCCCCC(=O)O[C@@H]1[C@@H](C)[C@@]2(O)[C@@H](CC(CO)=C[C@]3(O)C(=O)C(C)=C[C@@H]23)[C@@H]2C(C)(C)[C@]12OC(C)=O. The fraction of sp³-hybridized carbons (Fsp3) is 0.816. The van der Waals surface area contributed by atoms with Crippen molar-refractivity contribution in [3.63, 3.8) is 0 Å². The number of aliphatic hydroxyl groups excluding tert-OH is 1. The average Bonchev–Trinajstić information content (AvgIpc) is 3.42. The summed E-state index contributed by atoms with van der Waals surface area (Å²) in [5, 5.41) is 34.8. The number of carbonyl (C=O) groups excluding carboxylic acids is 3. The van der Waals surface area contributed by atoms with Crippen molar-refractivity contribution in [1.82, 2.24) is 0 Å². The number of carbonyl (C=O) groups is 3. The van der Waals surface area contributed by atoms with Crippen LogP contribution in [-0.4, -0.2) is 62.6 Å². The fourth-order valence-electron chi connectivity index (χ4n) is 9.64. The summed E-state index contributed by atoms with van der Waals surface area (Å²) in [6, 6.07) is 0. The van der Waals surface area contributed by atoms with Crippen LogP contribution in [0.15, 0.2) is 23.3 Å². The molecule has 8 heteroatoms. The average molecular weight is 645 g/mol. The predicted molar refractivity (Wildman–Crippen MR) is 177 cm³/mol. The summed E-state index contributed by atoms with van der Waals surface area (Å²) < 4.78 is 12.3. The van der Waals surface area contributed by atoms with Gasteiger partial charge in [0.15, 0.2) is 17.0 Å². The van der Waals surface area contributed by atoms with Gasteiger partial charge in [-0.3, -0.25) is 14.4 Å². The monoisotopic (exact) mass is 644 g/mol. The van der Waals surface area contributed by atoms with Crippen LogP contribution in [0.4, 0.5) is 0 Å². The maximum Gasteiger partial charge on any atom is 0.306 e. The van der Waals surface area contributed by atoms with E-state index < -0.39 is 69.7 Å².